The van der Waals surface area contributed by atoms with Gasteiger partial charge in [-0.05, 0) is 14.0 Å². The van der Waals surface area contributed by atoms with Gasteiger partial charge in [-0.25, -0.2) is 22.0 Å². The Morgan fingerprint density at radius 3 is 1.79 bits per heavy atom. The van der Waals surface area contributed by atoms with Crippen molar-refractivity contribution in [2.24, 2.45) is 0 Å². The second kappa shape index (κ2) is 7.69. The lowest BCUT2D eigenvalue weighted by Gasteiger charge is -2.39. The van der Waals surface area contributed by atoms with E-state index in [9.17, 15) is 35.1 Å². The van der Waals surface area contributed by atoms with Crippen LogP contribution in [-0.2, 0) is 4.74 Å². The van der Waals surface area contributed by atoms with Crippen LogP contribution in [0.25, 0.3) is 0 Å². The number of likely N-dealkylation sites (N-methyl/N-ethyl adjacent to an activating group) is 1. The lowest BCUT2D eigenvalue weighted by molar-refractivity contribution is -0.259. The number of ether oxygens (including phenoxy) is 1. The van der Waals surface area contributed by atoms with E-state index in [1.165, 1.54) is 11.8 Å². The Hall–Kier alpha value is -0.680. The Kier molecular flexibility index (Phi) is 6.85. The Morgan fingerprint density at radius 1 is 0.875 bits per heavy atom. The molecule has 0 aromatic carbocycles. The first-order valence-corrected chi connectivity index (χ1v) is 7.24. The molecule has 1 aliphatic rings. The van der Waals surface area contributed by atoms with Crippen LogP contribution < -0.4 is 0 Å². The smallest absolute Gasteiger partial charge is 0.369 e. The predicted molar refractivity (Wildman–Crippen MR) is 70.2 cm³/mol. The maximum absolute atomic E-state index is 14.0. The molecule has 1 aliphatic heterocycles. The van der Waals surface area contributed by atoms with Crippen molar-refractivity contribution in [3.05, 3.63) is 0 Å². The zero-order chi connectivity index (χ0) is 18.8. The first-order valence-electron chi connectivity index (χ1n) is 7.24. The van der Waals surface area contributed by atoms with Gasteiger partial charge in [0.25, 0.3) is 12.1 Å². The molecule has 11 heteroatoms. The number of hydrogen-bond acceptors (Lipinski definition) is 3. The Balaban J connectivity index is 2.52. The predicted octanol–water partition coefficient (Wildman–Crippen LogP) is 2.81. The van der Waals surface area contributed by atoms with E-state index in [2.05, 4.69) is 4.74 Å². The van der Waals surface area contributed by atoms with Crippen molar-refractivity contribution < 1.29 is 39.9 Å². The van der Waals surface area contributed by atoms with E-state index in [0.29, 0.717) is 26.2 Å². The number of hydrogen-bond donors (Lipinski definition) is 0. The highest BCUT2D eigenvalue weighted by Crippen LogP contribution is 2.35. The first kappa shape index (κ1) is 21.4. The Morgan fingerprint density at radius 2 is 1.33 bits per heavy atom. The van der Waals surface area contributed by atoms with Gasteiger partial charge in [-0.2, -0.15) is 13.2 Å². The van der Waals surface area contributed by atoms with Crippen LogP contribution >= 0.6 is 0 Å². The van der Waals surface area contributed by atoms with E-state index in [4.69, 9.17) is 0 Å². The highest BCUT2D eigenvalue weighted by Gasteiger charge is 2.57. The van der Waals surface area contributed by atoms with Gasteiger partial charge < -0.3 is 9.64 Å². The van der Waals surface area contributed by atoms with Crippen molar-refractivity contribution in [3.8, 4) is 0 Å². The van der Waals surface area contributed by atoms with E-state index >= 15 is 0 Å². The van der Waals surface area contributed by atoms with Crippen LogP contribution in [-0.4, -0.2) is 86.5 Å². The molecule has 0 aliphatic carbocycles. The summed E-state index contributed by atoms with van der Waals surface area (Å²) in [6.45, 7) is -0.628. The Bertz CT molecular complexity index is 396. The molecule has 2 unspecified atom stereocenters. The van der Waals surface area contributed by atoms with Crippen molar-refractivity contribution >= 4 is 0 Å². The van der Waals surface area contributed by atoms with Crippen molar-refractivity contribution in [1.29, 1.82) is 0 Å². The fraction of sp³-hybridized carbons (Fsp3) is 1.00. The molecule has 0 radical (unpaired) electrons. The minimum atomic E-state index is -5.79. The lowest BCUT2D eigenvalue weighted by atomic mass is 10.1. The third kappa shape index (κ3) is 5.69. The monoisotopic (exact) mass is 372 g/mol. The average Bonchev–Trinajstić information content (AvgIpc) is 2.45. The molecule has 1 saturated heterocycles. The molecular weight excluding hydrogens is 352 g/mol. The van der Waals surface area contributed by atoms with Crippen molar-refractivity contribution in [1.82, 2.24) is 9.80 Å². The molecule has 3 nitrogen and oxygen atoms in total. The average molecular weight is 372 g/mol. The third-order valence-electron chi connectivity index (χ3n) is 3.94. The van der Waals surface area contributed by atoms with Crippen LogP contribution in [0.15, 0.2) is 0 Å². The van der Waals surface area contributed by atoms with Gasteiger partial charge in [0.05, 0.1) is 6.04 Å². The van der Waals surface area contributed by atoms with Gasteiger partial charge in [-0.1, -0.05) is 0 Å². The van der Waals surface area contributed by atoms with E-state index in [0.717, 1.165) is 0 Å². The van der Waals surface area contributed by atoms with Crippen molar-refractivity contribution in [2.45, 2.75) is 37.2 Å². The fourth-order valence-electron chi connectivity index (χ4n) is 2.23. The van der Waals surface area contributed by atoms with Crippen molar-refractivity contribution in [3.63, 3.8) is 0 Å². The number of alkyl halides is 8. The summed E-state index contributed by atoms with van der Waals surface area (Å²) in [4.78, 5) is 3.37. The van der Waals surface area contributed by atoms with E-state index in [1.807, 2.05) is 11.9 Å². The molecule has 0 bridgehead atoms. The molecule has 1 rings (SSSR count). The summed E-state index contributed by atoms with van der Waals surface area (Å²) in [5, 5.41) is 0. The lowest BCUT2D eigenvalue weighted by Crippen LogP contribution is -2.55. The zero-order valence-electron chi connectivity index (χ0n) is 13.2. The molecule has 0 amide bonds. The highest BCUT2D eigenvalue weighted by atomic mass is 19.4. The van der Waals surface area contributed by atoms with Crippen LogP contribution in [0.4, 0.5) is 35.1 Å². The zero-order valence-corrected chi connectivity index (χ0v) is 13.2. The molecule has 0 saturated carbocycles. The summed E-state index contributed by atoms with van der Waals surface area (Å²) in [5.41, 5.74) is 0. The molecular formula is C13H20F8N2O. The van der Waals surface area contributed by atoms with Crippen LogP contribution in [0.3, 0.4) is 0 Å². The molecule has 0 N–H and O–H groups in total. The second-order valence-electron chi connectivity index (χ2n) is 5.93. The van der Waals surface area contributed by atoms with Crippen LogP contribution in [0.1, 0.15) is 6.92 Å². The number of piperazine rings is 1. The van der Waals surface area contributed by atoms with Gasteiger partial charge in [0.15, 0.2) is 0 Å². The molecule has 144 valence electrons. The molecule has 24 heavy (non-hydrogen) atoms. The summed E-state index contributed by atoms with van der Waals surface area (Å²) >= 11 is 0. The highest BCUT2D eigenvalue weighted by molar-refractivity contribution is 4.86. The molecule has 1 fully saturated rings. The van der Waals surface area contributed by atoms with Gasteiger partial charge in [-0.15, -0.1) is 0 Å². The largest absolute Gasteiger partial charge is 0.425 e. The van der Waals surface area contributed by atoms with Gasteiger partial charge in [0.1, 0.15) is 13.2 Å². The third-order valence-corrected chi connectivity index (χ3v) is 3.94. The quantitative estimate of drug-likeness (QED) is 0.640. The van der Waals surface area contributed by atoms with Crippen molar-refractivity contribution in [2.75, 3.05) is 46.4 Å². The topological polar surface area (TPSA) is 15.7 Å². The van der Waals surface area contributed by atoms with E-state index in [1.54, 1.807) is 0 Å². The minimum absolute atomic E-state index is 0.337. The van der Waals surface area contributed by atoms with E-state index < -0.39 is 43.4 Å². The molecule has 0 aromatic rings. The summed E-state index contributed by atoms with van der Waals surface area (Å²) < 4.78 is 106. The second-order valence-corrected chi connectivity index (χ2v) is 5.93. The fourth-order valence-corrected chi connectivity index (χ4v) is 2.23. The SMILES string of the molecule is CC(N1CCN(C)CC1)C(F)(F)COCC(F)(F)C(F)C(F)(F)F. The van der Waals surface area contributed by atoms with Gasteiger partial charge >= 0.3 is 12.1 Å². The first-order chi connectivity index (χ1) is 10.8. The molecule has 0 aromatic heterocycles. The maximum Gasteiger partial charge on any atom is 0.425 e. The number of rotatable bonds is 7. The standard InChI is InChI=1S/C13H20F8N2O/c1-9(23-5-3-22(2)4-6-23)11(15,16)7-24-8-12(17,18)10(14)13(19,20)21/h9-10H,3-8H2,1-2H3. The van der Waals surface area contributed by atoms with E-state index in [-0.39, 0.29) is 0 Å². The minimum Gasteiger partial charge on any atom is -0.369 e. The maximum atomic E-state index is 14.0. The molecule has 2 atom stereocenters. The van der Waals surface area contributed by atoms with Crippen LogP contribution in [0.5, 0.6) is 0 Å². The van der Waals surface area contributed by atoms with Gasteiger partial charge in [0, 0.05) is 26.2 Å². The Labute approximate surface area is 134 Å². The number of nitrogens with zero attached hydrogens (tertiary/aromatic N) is 2. The summed E-state index contributed by atoms with van der Waals surface area (Å²) in [5.74, 6) is -8.48. The summed E-state index contributed by atoms with van der Waals surface area (Å²) in [6, 6.07) is -1.34. The van der Waals surface area contributed by atoms with Gasteiger partial charge in [-0.3, -0.25) is 4.90 Å². The number of halogens is 8. The van der Waals surface area contributed by atoms with Gasteiger partial charge in [0.2, 0.25) is 0 Å². The summed E-state index contributed by atoms with van der Waals surface area (Å²) in [6.07, 6.45) is -10.3. The molecule has 0 spiro atoms. The summed E-state index contributed by atoms with van der Waals surface area (Å²) in [7, 11) is 1.82. The van der Waals surface area contributed by atoms with Crippen LogP contribution in [0.2, 0.25) is 0 Å². The normalized spacial score (nSPS) is 21.8. The van der Waals surface area contributed by atoms with Crippen LogP contribution in [0, 0.1) is 0 Å². The molecule has 1 heterocycles.